The Morgan fingerprint density at radius 2 is 2.04 bits per heavy atom. The number of aliphatic imine (C=N–C) groups is 1. The normalized spacial score (nSPS) is 10.9. The summed E-state index contributed by atoms with van der Waals surface area (Å²) in [6.07, 6.45) is 5.46. The molecule has 2 N–H and O–H groups in total. The molecule has 1 aromatic heterocycles. The summed E-state index contributed by atoms with van der Waals surface area (Å²) in [7, 11) is 1.43. The number of ether oxygens (including phenoxy) is 1. The summed E-state index contributed by atoms with van der Waals surface area (Å²) >= 11 is 1.69. The molecule has 0 aliphatic rings. The number of guanidine groups is 1. The van der Waals surface area contributed by atoms with E-state index in [2.05, 4.69) is 37.7 Å². The minimum atomic E-state index is -0.123. The number of unbranched alkanes of at least 4 members (excludes halogenated alkanes) is 3. The third-order valence-electron chi connectivity index (χ3n) is 3.47. The molecule has 0 spiro atoms. The topological polar surface area (TPSA) is 75.6 Å². The van der Waals surface area contributed by atoms with Crippen LogP contribution in [0, 0.1) is 6.92 Å². The molecule has 1 aromatic rings. The van der Waals surface area contributed by atoms with Gasteiger partial charge >= 0.3 is 5.97 Å². The first-order valence-corrected chi connectivity index (χ1v) is 9.53. The molecule has 0 unspecified atom stereocenters. The highest BCUT2D eigenvalue weighted by Gasteiger charge is 2.01. The number of hydrogen-bond donors (Lipinski definition) is 2. The van der Waals surface area contributed by atoms with Gasteiger partial charge in [-0.15, -0.1) is 35.3 Å². The molecule has 0 aliphatic carbocycles. The quantitative estimate of drug-likeness (QED) is 0.167. The van der Waals surface area contributed by atoms with Gasteiger partial charge in [0.05, 0.1) is 17.8 Å². The van der Waals surface area contributed by atoms with Gasteiger partial charge in [0.25, 0.3) is 0 Å². The van der Waals surface area contributed by atoms with Crippen LogP contribution in [0.5, 0.6) is 0 Å². The van der Waals surface area contributed by atoms with Crippen LogP contribution in [0.4, 0.5) is 0 Å². The summed E-state index contributed by atoms with van der Waals surface area (Å²) in [5.41, 5.74) is 1.13. The van der Waals surface area contributed by atoms with Crippen LogP contribution < -0.4 is 10.6 Å². The number of methoxy groups -OCH3 is 1. The fourth-order valence-corrected chi connectivity index (χ4v) is 2.85. The van der Waals surface area contributed by atoms with Crippen LogP contribution in [0.3, 0.4) is 0 Å². The summed E-state index contributed by atoms with van der Waals surface area (Å²) < 4.78 is 4.63. The van der Waals surface area contributed by atoms with Crippen molar-refractivity contribution in [3.63, 3.8) is 0 Å². The number of halogens is 1. The molecule has 25 heavy (non-hydrogen) atoms. The third kappa shape index (κ3) is 12.1. The van der Waals surface area contributed by atoms with E-state index in [0.29, 0.717) is 6.42 Å². The summed E-state index contributed by atoms with van der Waals surface area (Å²) in [6, 6.07) is 0. The van der Waals surface area contributed by atoms with Crippen LogP contribution in [0.2, 0.25) is 0 Å². The maximum Gasteiger partial charge on any atom is 0.305 e. The number of hydrogen-bond acceptors (Lipinski definition) is 5. The van der Waals surface area contributed by atoms with Gasteiger partial charge in [0.2, 0.25) is 0 Å². The fourth-order valence-electron chi connectivity index (χ4n) is 2.20. The molecule has 0 aromatic carbocycles. The van der Waals surface area contributed by atoms with Gasteiger partial charge in [-0.1, -0.05) is 12.8 Å². The number of nitrogens with zero attached hydrogens (tertiary/aromatic N) is 2. The molecule has 0 saturated heterocycles. The lowest BCUT2D eigenvalue weighted by Gasteiger charge is -2.10. The lowest BCUT2D eigenvalue weighted by molar-refractivity contribution is -0.140. The second kappa shape index (κ2) is 15.4. The van der Waals surface area contributed by atoms with Crippen LogP contribution in [-0.2, 0) is 16.0 Å². The van der Waals surface area contributed by atoms with Crippen LogP contribution in [0.25, 0.3) is 0 Å². The van der Waals surface area contributed by atoms with E-state index in [0.717, 1.165) is 68.4 Å². The average molecular weight is 482 g/mol. The van der Waals surface area contributed by atoms with Crippen molar-refractivity contribution in [3.05, 3.63) is 16.1 Å². The maximum absolute atomic E-state index is 11.0. The van der Waals surface area contributed by atoms with E-state index >= 15 is 0 Å². The van der Waals surface area contributed by atoms with Gasteiger partial charge in [0.15, 0.2) is 5.96 Å². The lowest BCUT2D eigenvalue weighted by atomic mass is 10.1. The minimum absolute atomic E-state index is 0. The van der Waals surface area contributed by atoms with E-state index in [9.17, 15) is 4.79 Å². The van der Waals surface area contributed by atoms with Crippen molar-refractivity contribution in [2.24, 2.45) is 4.99 Å². The lowest BCUT2D eigenvalue weighted by Crippen LogP contribution is -2.38. The molecular formula is C17H31IN4O2S. The molecule has 1 heterocycles. The Morgan fingerprint density at radius 1 is 1.28 bits per heavy atom. The van der Waals surface area contributed by atoms with Crippen LogP contribution in [0.15, 0.2) is 10.4 Å². The van der Waals surface area contributed by atoms with Crippen LogP contribution in [-0.4, -0.2) is 43.7 Å². The highest BCUT2D eigenvalue weighted by molar-refractivity contribution is 14.0. The van der Waals surface area contributed by atoms with E-state index in [1.54, 1.807) is 11.3 Å². The van der Waals surface area contributed by atoms with Gasteiger partial charge in [-0.3, -0.25) is 9.79 Å². The molecule has 1 rings (SSSR count). The zero-order valence-corrected chi connectivity index (χ0v) is 18.6. The molecule has 0 atom stereocenters. The molecule has 0 radical (unpaired) electrons. The zero-order valence-electron chi connectivity index (χ0n) is 15.5. The van der Waals surface area contributed by atoms with Crippen molar-refractivity contribution in [3.8, 4) is 0 Å². The number of aromatic nitrogens is 1. The Balaban J connectivity index is 0.00000576. The summed E-state index contributed by atoms with van der Waals surface area (Å²) in [5, 5.41) is 9.82. The van der Waals surface area contributed by atoms with E-state index in [4.69, 9.17) is 0 Å². The SMILES string of the molecule is CCNC(=NCCCCCCC(=O)OC)NCCc1csc(C)n1.I. The Hall–Kier alpha value is -0.900. The Morgan fingerprint density at radius 3 is 2.68 bits per heavy atom. The van der Waals surface area contributed by atoms with Crippen molar-refractivity contribution in [2.75, 3.05) is 26.7 Å². The Kier molecular flexibility index (Phi) is 14.8. The fraction of sp³-hybridized carbons (Fsp3) is 0.706. The number of carbonyl (C=O) groups excluding carboxylic acids is 1. The average Bonchev–Trinajstić information content (AvgIpc) is 2.98. The predicted octanol–water partition coefficient (Wildman–Crippen LogP) is 3.29. The largest absolute Gasteiger partial charge is 0.469 e. The molecule has 0 bridgehead atoms. The second-order valence-electron chi connectivity index (χ2n) is 5.54. The minimum Gasteiger partial charge on any atom is -0.469 e. The molecule has 0 saturated carbocycles. The van der Waals surface area contributed by atoms with Gasteiger partial charge in [-0.25, -0.2) is 4.98 Å². The summed E-state index contributed by atoms with van der Waals surface area (Å²) in [4.78, 5) is 20.0. The maximum atomic E-state index is 11.0. The standard InChI is InChI=1S/C17H30N4O2S.HI/c1-4-18-17(20-12-10-15-13-24-14(2)21-15)19-11-8-6-5-7-9-16(22)23-3;/h13H,4-12H2,1-3H3,(H2,18,19,20);1H. The van der Waals surface area contributed by atoms with E-state index in [1.165, 1.54) is 7.11 Å². The van der Waals surface area contributed by atoms with Gasteiger partial charge in [0.1, 0.15) is 0 Å². The van der Waals surface area contributed by atoms with Gasteiger partial charge in [0, 0.05) is 37.9 Å². The molecule has 144 valence electrons. The first-order valence-electron chi connectivity index (χ1n) is 8.65. The zero-order chi connectivity index (χ0) is 17.6. The monoisotopic (exact) mass is 482 g/mol. The van der Waals surface area contributed by atoms with Crippen LogP contribution >= 0.6 is 35.3 Å². The number of aryl methyl sites for hydroxylation is 1. The number of carbonyl (C=O) groups is 1. The second-order valence-corrected chi connectivity index (χ2v) is 6.60. The Labute approximate surface area is 172 Å². The van der Waals surface area contributed by atoms with Crippen LogP contribution in [0.1, 0.15) is 49.7 Å². The molecule has 0 fully saturated rings. The van der Waals surface area contributed by atoms with Crippen molar-refractivity contribution in [2.45, 2.75) is 52.4 Å². The van der Waals surface area contributed by atoms with Gasteiger partial charge in [-0.05, 0) is 26.7 Å². The first kappa shape index (κ1) is 24.1. The first-order chi connectivity index (χ1) is 11.7. The molecule has 6 nitrogen and oxygen atoms in total. The van der Waals surface area contributed by atoms with Crippen molar-refractivity contribution >= 4 is 47.2 Å². The molecular weight excluding hydrogens is 451 g/mol. The number of rotatable bonds is 11. The van der Waals surface area contributed by atoms with E-state index in [-0.39, 0.29) is 29.9 Å². The summed E-state index contributed by atoms with van der Waals surface area (Å²) in [6.45, 7) is 6.56. The molecule has 0 aliphatic heterocycles. The van der Waals surface area contributed by atoms with Crippen molar-refractivity contribution in [1.82, 2.24) is 15.6 Å². The van der Waals surface area contributed by atoms with Gasteiger partial charge in [-0.2, -0.15) is 0 Å². The predicted molar refractivity (Wildman–Crippen MR) is 115 cm³/mol. The third-order valence-corrected chi connectivity index (χ3v) is 4.29. The number of thiazole rings is 1. The smallest absolute Gasteiger partial charge is 0.305 e. The highest BCUT2D eigenvalue weighted by Crippen LogP contribution is 2.07. The van der Waals surface area contributed by atoms with Gasteiger partial charge < -0.3 is 15.4 Å². The molecule has 0 amide bonds. The van der Waals surface area contributed by atoms with Crippen molar-refractivity contribution in [1.29, 1.82) is 0 Å². The summed E-state index contributed by atoms with van der Waals surface area (Å²) in [5.74, 6) is 0.737. The van der Waals surface area contributed by atoms with E-state index < -0.39 is 0 Å². The van der Waals surface area contributed by atoms with E-state index in [1.807, 2.05) is 6.92 Å². The van der Waals surface area contributed by atoms with Crippen molar-refractivity contribution < 1.29 is 9.53 Å². The Bertz CT molecular complexity index is 509. The number of esters is 1. The molecule has 8 heteroatoms. The number of nitrogens with one attached hydrogen (secondary N) is 2. The highest BCUT2D eigenvalue weighted by atomic mass is 127.